The Morgan fingerprint density at radius 3 is 2.41 bits per heavy atom. The van der Waals surface area contributed by atoms with Crippen LogP contribution in [0, 0.1) is 0 Å². The monoisotopic (exact) mass is 458 g/mol. The van der Waals surface area contributed by atoms with E-state index in [0.717, 1.165) is 5.69 Å². The molecule has 0 radical (unpaired) electrons. The highest BCUT2D eigenvalue weighted by Gasteiger charge is 2.45. The second-order valence-electron chi connectivity index (χ2n) is 7.55. The van der Waals surface area contributed by atoms with Crippen molar-refractivity contribution in [2.45, 2.75) is 13.0 Å². The second kappa shape index (κ2) is 10.1. The van der Waals surface area contributed by atoms with Gasteiger partial charge in [0.15, 0.2) is 0 Å². The summed E-state index contributed by atoms with van der Waals surface area (Å²) in [6.07, 6.45) is 0. The Bertz CT molecular complexity index is 1030. The predicted molar refractivity (Wildman–Crippen MR) is 124 cm³/mol. The van der Waals surface area contributed by atoms with Gasteiger partial charge >= 0.3 is 0 Å². The maximum atomic E-state index is 13.0. The third-order valence-corrected chi connectivity index (χ3v) is 5.60. The first-order chi connectivity index (χ1) is 15.3. The van der Waals surface area contributed by atoms with Crippen molar-refractivity contribution in [2.75, 3.05) is 45.9 Å². The van der Waals surface area contributed by atoms with E-state index in [1.54, 1.807) is 12.1 Å². The molecule has 1 amide bonds. The lowest BCUT2D eigenvalue weighted by Crippen LogP contribution is -2.32. The number of hydrogen-bond donors (Lipinski definition) is 1. The third-order valence-electron chi connectivity index (χ3n) is 5.31. The molecule has 2 aromatic rings. The molecule has 1 atom stereocenters. The number of carbonyl (C=O) groups is 2. The van der Waals surface area contributed by atoms with E-state index in [1.165, 1.54) is 18.1 Å². The van der Waals surface area contributed by atoms with Crippen LogP contribution in [0.15, 0.2) is 48.0 Å². The fraction of sp³-hybridized carbons (Fsp3) is 0.333. The molecule has 7 nitrogen and oxygen atoms in total. The van der Waals surface area contributed by atoms with E-state index in [9.17, 15) is 14.7 Å². The number of methoxy groups -OCH3 is 1. The lowest BCUT2D eigenvalue weighted by Gasteiger charge is -2.25. The molecule has 170 valence electrons. The number of anilines is 1. The number of ether oxygens (including phenoxy) is 2. The molecular weight excluding hydrogens is 432 g/mol. The van der Waals surface area contributed by atoms with Crippen molar-refractivity contribution in [3.63, 3.8) is 0 Å². The first-order valence-electron chi connectivity index (χ1n) is 10.3. The third kappa shape index (κ3) is 4.59. The van der Waals surface area contributed by atoms with Gasteiger partial charge in [-0.05, 0) is 42.8 Å². The largest absolute Gasteiger partial charge is 0.507 e. The van der Waals surface area contributed by atoms with Gasteiger partial charge in [0.1, 0.15) is 11.5 Å². The molecule has 1 fully saturated rings. The Morgan fingerprint density at radius 2 is 1.84 bits per heavy atom. The number of nitrogens with zero attached hydrogens (tertiary/aromatic N) is 2. The summed E-state index contributed by atoms with van der Waals surface area (Å²) in [4.78, 5) is 29.2. The fourth-order valence-electron chi connectivity index (χ4n) is 3.68. The Balaban J connectivity index is 2.12. The van der Waals surface area contributed by atoms with Crippen LogP contribution in [-0.2, 0) is 14.3 Å². The summed E-state index contributed by atoms with van der Waals surface area (Å²) in [5.74, 6) is -1.23. The van der Waals surface area contributed by atoms with Crippen molar-refractivity contribution in [1.29, 1.82) is 0 Å². The summed E-state index contributed by atoms with van der Waals surface area (Å²) in [5, 5.41) is 11.4. The average molecular weight is 459 g/mol. The van der Waals surface area contributed by atoms with Crippen molar-refractivity contribution < 1.29 is 24.2 Å². The summed E-state index contributed by atoms with van der Waals surface area (Å²) >= 11 is 6.28. The Hall–Kier alpha value is -3.03. The summed E-state index contributed by atoms with van der Waals surface area (Å²) in [6, 6.07) is 11.5. The van der Waals surface area contributed by atoms with E-state index in [1.807, 2.05) is 50.2 Å². The summed E-state index contributed by atoms with van der Waals surface area (Å²) < 4.78 is 10.6. The van der Waals surface area contributed by atoms with Crippen LogP contribution in [0.4, 0.5) is 5.69 Å². The number of likely N-dealkylation sites (tertiary alicyclic amines) is 1. The minimum absolute atomic E-state index is 0.0175. The van der Waals surface area contributed by atoms with Crippen LogP contribution in [0.5, 0.6) is 5.75 Å². The van der Waals surface area contributed by atoms with Gasteiger partial charge in [-0.3, -0.25) is 9.59 Å². The van der Waals surface area contributed by atoms with E-state index in [0.29, 0.717) is 28.5 Å². The highest BCUT2D eigenvalue weighted by atomic mass is 35.5. The molecule has 0 aliphatic carbocycles. The van der Waals surface area contributed by atoms with Crippen molar-refractivity contribution in [1.82, 2.24) is 4.90 Å². The van der Waals surface area contributed by atoms with Gasteiger partial charge < -0.3 is 24.4 Å². The number of Topliss-reactive ketones (excluding diaryl/α,β-unsaturated/α-hetero) is 1. The number of aliphatic hydroxyl groups excluding tert-OH is 1. The number of ketones is 1. The number of halogens is 1. The normalized spacial score (nSPS) is 17.7. The van der Waals surface area contributed by atoms with Crippen LogP contribution in [0.25, 0.3) is 5.76 Å². The SMILES string of the molecule is CCOc1ccc(/C(O)=C2/C(=O)C(=O)N(CCOC)C2c2ccc(N(C)C)cc2)cc1Cl. The number of carbonyl (C=O) groups excluding carboxylic acids is 2. The lowest BCUT2D eigenvalue weighted by molar-refractivity contribution is -0.140. The summed E-state index contributed by atoms with van der Waals surface area (Å²) in [7, 11) is 5.38. The topological polar surface area (TPSA) is 79.3 Å². The molecule has 3 rings (SSSR count). The van der Waals surface area contributed by atoms with Gasteiger partial charge in [-0.1, -0.05) is 23.7 Å². The molecule has 1 N–H and O–H groups in total. The van der Waals surface area contributed by atoms with Crippen LogP contribution >= 0.6 is 11.6 Å². The number of rotatable bonds is 8. The number of aliphatic hydroxyl groups is 1. The molecule has 0 saturated carbocycles. The fourth-order valence-corrected chi connectivity index (χ4v) is 3.91. The highest BCUT2D eigenvalue weighted by molar-refractivity contribution is 6.46. The first-order valence-corrected chi connectivity index (χ1v) is 10.6. The van der Waals surface area contributed by atoms with E-state index in [-0.39, 0.29) is 24.5 Å². The predicted octanol–water partition coefficient (Wildman–Crippen LogP) is 3.87. The van der Waals surface area contributed by atoms with E-state index < -0.39 is 17.7 Å². The van der Waals surface area contributed by atoms with Gasteiger partial charge in [0, 0.05) is 39.0 Å². The molecule has 0 bridgehead atoms. The van der Waals surface area contributed by atoms with Gasteiger partial charge in [-0.25, -0.2) is 0 Å². The Morgan fingerprint density at radius 1 is 1.16 bits per heavy atom. The van der Waals surface area contributed by atoms with Crippen molar-refractivity contribution in [3.8, 4) is 5.75 Å². The zero-order chi connectivity index (χ0) is 23.4. The summed E-state index contributed by atoms with van der Waals surface area (Å²) in [6.45, 7) is 2.75. The Kier molecular flexibility index (Phi) is 7.43. The summed E-state index contributed by atoms with van der Waals surface area (Å²) in [5.41, 5.74) is 2.03. The number of benzene rings is 2. The molecule has 1 aliphatic rings. The van der Waals surface area contributed by atoms with Crippen molar-refractivity contribution in [3.05, 3.63) is 64.2 Å². The molecule has 0 spiro atoms. The molecule has 1 saturated heterocycles. The molecule has 0 aromatic heterocycles. The lowest BCUT2D eigenvalue weighted by atomic mass is 9.95. The zero-order valence-electron chi connectivity index (χ0n) is 18.6. The second-order valence-corrected chi connectivity index (χ2v) is 7.96. The number of amides is 1. The van der Waals surface area contributed by atoms with Crippen molar-refractivity contribution >= 4 is 34.7 Å². The van der Waals surface area contributed by atoms with E-state index in [4.69, 9.17) is 21.1 Å². The first kappa shape index (κ1) is 23.6. The van der Waals surface area contributed by atoms with E-state index >= 15 is 0 Å². The van der Waals surface area contributed by atoms with Crippen LogP contribution in [0.3, 0.4) is 0 Å². The smallest absolute Gasteiger partial charge is 0.295 e. The number of hydrogen-bond acceptors (Lipinski definition) is 6. The van der Waals surface area contributed by atoms with Gasteiger partial charge in [0.05, 0.1) is 29.9 Å². The quantitative estimate of drug-likeness (QED) is 0.367. The molecule has 1 heterocycles. The van der Waals surface area contributed by atoms with Crippen molar-refractivity contribution in [2.24, 2.45) is 0 Å². The molecule has 1 aliphatic heterocycles. The van der Waals surface area contributed by atoms with Crippen LogP contribution < -0.4 is 9.64 Å². The van der Waals surface area contributed by atoms with Crippen LogP contribution in [0.1, 0.15) is 24.1 Å². The molecule has 2 aromatic carbocycles. The maximum Gasteiger partial charge on any atom is 0.295 e. The maximum absolute atomic E-state index is 13.0. The molecule has 1 unspecified atom stereocenters. The molecule has 32 heavy (non-hydrogen) atoms. The van der Waals surface area contributed by atoms with Gasteiger partial charge in [0.25, 0.3) is 11.7 Å². The minimum Gasteiger partial charge on any atom is -0.507 e. The average Bonchev–Trinajstić information content (AvgIpc) is 3.03. The standard InChI is InChI=1S/C24H27ClN2O5/c1-5-32-19-11-8-16(14-18(19)25)22(28)20-21(15-6-9-17(10-7-15)26(2)3)27(12-13-31-4)24(30)23(20)29/h6-11,14,21,28H,5,12-13H2,1-4H3/b22-20-. The minimum atomic E-state index is -0.745. The zero-order valence-corrected chi connectivity index (χ0v) is 19.3. The highest BCUT2D eigenvalue weighted by Crippen LogP contribution is 2.40. The Labute approximate surface area is 192 Å². The van der Waals surface area contributed by atoms with Crippen LogP contribution in [0.2, 0.25) is 5.02 Å². The van der Waals surface area contributed by atoms with Gasteiger partial charge in [-0.15, -0.1) is 0 Å². The van der Waals surface area contributed by atoms with Crippen LogP contribution in [-0.4, -0.2) is 62.7 Å². The van der Waals surface area contributed by atoms with E-state index in [2.05, 4.69) is 0 Å². The molecule has 8 heteroatoms. The van der Waals surface area contributed by atoms with Gasteiger partial charge in [0.2, 0.25) is 0 Å². The van der Waals surface area contributed by atoms with Gasteiger partial charge in [-0.2, -0.15) is 0 Å². The molecular formula is C24H27ClN2O5.